The van der Waals surface area contributed by atoms with Gasteiger partial charge in [-0.1, -0.05) is 16.8 Å². The molecule has 2 fully saturated rings. The van der Waals surface area contributed by atoms with E-state index in [-0.39, 0.29) is 17.7 Å². The number of ether oxygens (including phenoxy) is 1. The monoisotopic (exact) mass is 361 g/mol. The highest BCUT2D eigenvalue weighted by molar-refractivity contribution is 6.30. The minimum Gasteiger partial charge on any atom is -0.381 e. The van der Waals surface area contributed by atoms with Crippen LogP contribution >= 0.6 is 11.6 Å². The van der Waals surface area contributed by atoms with E-state index in [9.17, 15) is 4.79 Å². The van der Waals surface area contributed by atoms with E-state index in [0.717, 1.165) is 31.7 Å². The predicted octanol–water partition coefficient (Wildman–Crippen LogP) is 3.25. The second-order valence-corrected chi connectivity index (χ2v) is 7.06. The number of amides is 1. The van der Waals surface area contributed by atoms with Gasteiger partial charge in [-0.25, -0.2) is 0 Å². The molecule has 0 N–H and O–H groups in total. The zero-order chi connectivity index (χ0) is 17.2. The van der Waals surface area contributed by atoms with Crippen molar-refractivity contribution < 1.29 is 14.1 Å². The molecule has 1 atom stereocenters. The van der Waals surface area contributed by atoms with Gasteiger partial charge in [0, 0.05) is 42.1 Å². The lowest BCUT2D eigenvalue weighted by atomic mass is 9.96. The summed E-state index contributed by atoms with van der Waals surface area (Å²) in [5.41, 5.74) is 0.671. The summed E-state index contributed by atoms with van der Waals surface area (Å²) in [5, 5.41) is 4.76. The van der Waals surface area contributed by atoms with Gasteiger partial charge in [-0.05, 0) is 43.5 Å². The van der Waals surface area contributed by atoms with E-state index in [0.29, 0.717) is 36.2 Å². The average molecular weight is 362 g/mol. The molecule has 0 saturated carbocycles. The van der Waals surface area contributed by atoms with E-state index in [1.54, 1.807) is 24.3 Å². The molecular formula is C18H20ClN3O3. The minimum absolute atomic E-state index is 0.0458. The lowest BCUT2D eigenvalue weighted by Crippen LogP contribution is -2.38. The highest BCUT2D eigenvalue weighted by Crippen LogP contribution is 2.30. The van der Waals surface area contributed by atoms with E-state index in [1.165, 1.54) is 0 Å². The van der Waals surface area contributed by atoms with Crippen molar-refractivity contribution in [1.29, 1.82) is 0 Å². The molecule has 0 spiro atoms. The number of carbonyl (C=O) groups is 1. The molecule has 0 aliphatic carbocycles. The van der Waals surface area contributed by atoms with Crippen LogP contribution in [0.3, 0.4) is 0 Å². The van der Waals surface area contributed by atoms with Crippen molar-refractivity contribution in [2.45, 2.75) is 31.1 Å². The number of piperidine rings is 1. The Bertz CT molecular complexity index is 732. The SMILES string of the molecule is O=C(c1ccc(Cl)cc1)N1CCC(c2nc(C3CCOC3)no2)CC1. The molecule has 2 saturated heterocycles. The second-order valence-electron chi connectivity index (χ2n) is 6.62. The van der Waals surface area contributed by atoms with Crippen LogP contribution in [0, 0.1) is 0 Å². The first-order valence-electron chi connectivity index (χ1n) is 8.67. The topological polar surface area (TPSA) is 68.5 Å². The number of benzene rings is 1. The maximum atomic E-state index is 12.5. The van der Waals surface area contributed by atoms with Crippen molar-refractivity contribution in [1.82, 2.24) is 15.0 Å². The number of hydrogen-bond acceptors (Lipinski definition) is 5. The summed E-state index contributed by atoms with van der Waals surface area (Å²) in [6.07, 6.45) is 2.62. The Hall–Kier alpha value is -1.92. The zero-order valence-electron chi connectivity index (χ0n) is 13.9. The van der Waals surface area contributed by atoms with E-state index in [1.807, 2.05) is 4.90 Å². The van der Waals surface area contributed by atoms with Crippen molar-refractivity contribution >= 4 is 17.5 Å². The molecule has 25 heavy (non-hydrogen) atoms. The normalized spacial score (nSPS) is 21.6. The largest absolute Gasteiger partial charge is 0.381 e. The molecule has 2 aromatic rings. The van der Waals surface area contributed by atoms with Gasteiger partial charge in [0.15, 0.2) is 5.82 Å². The smallest absolute Gasteiger partial charge is 0.253 e. The van der Waals surface area contributed by atoms with Gasteiger partial charge in [-0.2, -0.15) is 4.98 Å². The van der Waals surface area contributed by atoms with Crippen LogP contribution in [0.4, 0.5) is 0 Å². The standard InChI is InChI=1S/C18H20ClN3O3/c19-15-3-1-13(2-4-15)18(23)22-8-5-12(6-9-22)17-20-16(21-25-17)14-7-10-24-11-14/h1-4,12,14H,5-11H2. The molecule has 2 aliphatic rings. The quantitative estimate of drug-likeness (QED) is 0.839. The van der Waals surface area contributed by atoms with Crippen LogP contribution in [0.5, 0.6) is 0 Å². The van der Waals surface area contributed by atoms with Gasteiger partial charge < -0.3 is 14.2 Å². The van der Waals surface area contributed by atoms with Crippen molar-refractivity contribution in [2.24, 2.45) is 0 Å². The first kappa shape index (κ1) is 16.5. The number of rotatable bonds is 3. The summed E-state index contributed by atoms with van der Waals surface area (Å²) < 4.78 is 10.9. The van der Waals surface area contributed by atoms with Crippen LogP contribution in [0.25, 0.3) is 0 Å². The Morgan fingerprint density at radius 2 is 1.88 bits per heavy atom. The van der Waals surface area contributed by atoms with Crippen molar-refractivity contribution in [3.05, 3.63) is 46.6 Å². The van der Waals surface area contributed by atoms with Crippen LogP contribution in [-0.2, 0) is 4.74 Å². The van der Waals surface area contributed by atoms with Gasteiger partial charge in [0.05, 0.1) is 6.61 Å². The Balaban J connectivity index is 1.36. The molecule has 1 aromatic carbocycles. The lowest BCUT2D eigenvalue weighted by molar-refractivity contribution is 0.0704. The van der Waals surface area contributed by atoms with Crippen molar-refractivity contribution in [3.63, 3.8) is 0 Å². The zero-order valence-corrected chi connectivity index (χ0v) is 14.6. The number of nitrogens with zero attached hydrogens (tertiary/aromatic N) is 3. The number of hydrogen-bond donors (Lipinski definition) is 0. The number of carbonyl (C=O) groups excluding carboxylic acids is 1. The molecule has 1 aromatic heterocycles. The Labute approximate surface area is 151 Å². The molecule has 2 aliphatic heterocycles. The molecule has 132 valence electrons. The first-order valence-corrected chi connectivity index (χ1v) is 9.04. The predicted molar refractivity (Wildman–Crippen MR) is 91.8 cm³/mol. The fourth-order valence-corrected chi connectivity index (χ4v) is 3.55. The summed E-state index contributed by atoms with van der Waals surface area (Å²) in [6.45, 7) is 2.82. The van der Waals surface area contributed by atoms with Crippen molar-refractivity contribution in [2.75, 3.05) is 26.3 Å². The van der Waals surface area contributed by atoms with E-state index >= 15 is 0 Å². The minimum atomic E-state index is 0.0458. The van der Waals surface area contributed by atoms with E-state index in [2.05, 4.69) is 10.1 Å². The summed E-state index contributed by atoms with van der Waals surface area (Å²) in [4.78, 5) is 19.0. The highest BCUT2D eigenvalue weighted by atomic mass is 35.5. The summed E-state index contributed by atoms with van der Waals surface area (Å²) in [7, 11) is 0. The summed E-state index contributed by atoms with van der Waals surface area (Å²) in [5.74, 6) is 1.97. The maximum absolute atomic E-state index is 12.5. The number of halogens is 1. The molecule has 1 unspecified atom stereocenters. The van der Waals surface area contributed by atoms with Crippen LogP contribution in [0.15, 0.2) is 28.8 Å². The Morgan fingerprint density at radius 3 is 2.56 bits per heavy atom. The molecule has 4 rings (SSSR count). The molecule has 1 amide bonds. The van der Waals surface area contributed by atoms with E-state index < -0.39 is 0 Å². The van der Waals surface area contributed by atoms with Crippen LogP contribution in [-0.4, -0.2) is 47.3 Å². The van der Waals surface area contributed by atoms with E-state index in [4.69, 9.17) is 20.9 Å². The summed E-state index contributed by atoms with van der Waals surface area (Å²) in [6, 6.07) is 7.03. The third-order valence-corrected chi connectivity index (χ3v) is 5.23. The van der Waals surface area contributed by atoms with Crippen molar-refractivity contribution in [3.8, 4) is 0 Å². The van der Waals surface area contributed by atoms with Gasteiger partial charge in [0.25, 0.3) is 5.91 Å². The lowest BCUT2D eigenvalue weighted by Gasteiger charge is -2.30. The van der Waals surface area contributed by atoms with Crippen LogP contribution in [0.2, 0.25) is 5.02 Å². The van der Waals surface area contributed by atoms with Gasteiger partial charge in [-0.15, -0.1) is 0 Å². The molecule has 7 heteroatoms. The van der Waals surface area contributed by atoms with Gasteiger partial charge in [0.2, 0.25) is 5.89 Å². The Morgan fingerprint density at radius 1 is 1.12 bits per heavy atom. The highest BCUT2D eigenvalue weighted by Gasteiger charge is 2.30. The average Bonchev–Trinajstić information content (AvgIpc) is 3.33. The first-order chi connectivity index (χ1) is 12.2. The molecule has 6 nitrogen and oxygen atoms in total. The van der Waals surface area contributed by atoms with Crippen LogP contribution < -0.4 is 0 Å². The fourth-order valence-electron chi connectivity index (χ4n) is 3.42. The second kappa shape index (κ2) is 7.14. The van der Waals surface area contributed by atoms with Crippen LogP contribution in [0.1, 0.15) is 53.2 Å². The van der Waals surface area contributed by atoms with Gasteiger partial charge in [0.1, 0.15) is 0 Å². The van der Waals surface area contributed by atoms with Gasteiger partial charge in [-0.3, -0.25) is 4.79 Å². The molecule has 3 heterocycles. The fraction of sp³-hybridized carbons (Fsp3) is 0.500. The third kappa shape index (κ3) is 3.55. The van der Waals surface area contributed by atoms with Gasteiger partial charge >= 0.3 is 0 Å². The number of aromatic nitrogens is 2. The Kier molecular flexibility index (Phi) is 4.72. The molecular weight excluding hydrogens is 342 g/mol. The maximum Gasteiger partial charge on any atom is 0.253 e. The summed E-state index contributed by atoms with van der Waals surface area (Å²) >= 11 is 5.88. The molecule has 0 radical (unpaired) electrons. The third-order valence-electron chi connectivity index (χ3n) is 4.97. The number of likely N-dealkylation sites (tertiary alicyclic amines) is 1. The molecule has 0 bridgehead atoms.